The third-order valence-electron chi connectivity index (χ3n) is 2.51. The van der Waals surface area contributed by atoms with E-state index in [2.05, 4.69) is 5.92 Å². The number of terminal acetylenes is 1. The average Bonchev–Trinajstić information content (AvgIpc) is 2.37. The molecule has 0 bridgehead atoms. The highest BCUT2D eigenvalue weighted by atomic mass is 16.3. The topological polar surface area (TPSA) is 20.2 Å². The van der Waals surface area contributed by atoms with Crippen LogP contribution >= 0.6 is 0 Å². The van der Waals surface area contributed by atoms with Crippen molar-refractivity contribution in [2.45, 2.75) is 44.6 Å². The first kappa shape index (κ1) is 8.62. The van der Waals surface area contributed by atoms with Crippen LogP contribution in [0.4, 0.5) is 0 Å². The monoisotopic (exact) mass is 152 g/mol. The van der Waals surface area contributed by atoms with Gasteiger partial charge in [-0.3, -0.25) is 0 Å². The molecule has 2 unspecified atom stereocenters. The maximum Gasteiger partial charge on any atom is 0.0568 e. The minimum Gasteiger partial charge on any atom is -0.393 e. The molecule has 0 radical (unpaired) electrons. The summed E-state index contributed by atoms with van der Waals surface area (Å²) in [6.45, 7) is 0. The van der Waals surface area contributed by atoms with Crippen LogP contribution in [0.15, 0.2) is 0 Å². The summed E-state index contributed by atoms with van der Waals surface area (Å²) in [6, 6.07) is 0. The van der Waals surface area contributed by atoms with Crippen LogP contribution in [0.25, 0.3) is 0 Å². The Morgan fingerprint density at radius 2 is 2.27 bits per heavy atom. The van der Waals surface area contributed by atoms with Gasteiger partial charge in [0.2, 0.25) is 0 Å². The molecule has 1 heteroatoms. The lowest BCUT2D eigenvalue weighted by molar-refractivity contribution is 0.127. The Morgan fingerprint density at radius 1 is 1.45 bits per heavy atom. The van der Waals surface area contributed by atoms with Gasteiger partial charge in [0.1, 0.15) is 0 Å². The van der Waals surface area contributed by atoms with Gasteiger partial charge in [-0.15, -0.1) is 12.3 Å². The number of aliphatic hydroxyl groups is 1. The fraction of sp³-hybridized carbons (Fsp3) is 0.800. The minimum atomic E-state index is -0.0345. The molecule has 1 saturated carbocycles. The van der Waals surface area contributed by atoms with Crippen LogP contribution in [0.3, 0.4) is 0 Å². The molecule has 1 aliphatic rings. The van der Waals surface area contributed by atoms with Crippen molar-refractivity contribution in [1.29, 1.82) is 0 Å². The molecule has 0 saturated heterocycles. The third-order valence-corrected chi connectivity index (χ3v) is 2.51. The van der Waals surface area contributed by atoms with Crippen molar-refractivity contribution >= 4 is 0 Å². The van der Waals surface area contributed by atoms with Crippen LogP contribution < -0.4 is 0 Å². The van der Waals surface area contributed by atoms with E-state index in [1.54, 1.807) is 0 Å². The van der Waals surface area contributed by atoms with Crippen molar-refractivity contribution < 1.29 is 5.11 Å². The molecular weight excluding hydrogens is 136 g/mol. The van der Waals surface area contributed by atoms with E-state index in [0.29, 0.717) is 5.92 Å². The van der Waals surface area contributed by atoms with Gasteiger partial charge in [-0.05, 0) is 31.6 Å². The quantitative estimate of drug-likeness (QED) is 0.484. The first-order valence-electron chi connectivity index (χ1n) is 4.46. The highest BCUT2D eigenvalue weighted by molar-refractivity contribution is 4.84. The summed E-state index contributed by atoms with van der Waals surface area (Å²) < 4.78 is 0. The van der Waals surface area contributed by atoms with Crippen LogP contribution in [-0.2, 0) is 0 Å². The summed E-state index contributed by atoms with van der Waals surface area (Å²) in [5.41, 5.74) is 0. The van der Waals surface area contributed by atoms with Gasteiger partial charge >= 0.3 is 0 Å². The van der Waals surface area contributed by atoms with E-state index in [4.69, 9.17) is 6.42 Å². The molecule has 1 N–H and O–H groups in total. The van der Waals surface area contributed by atoms with E-state index in [-0.39, 0.29) is 6.10 Å². The van der Waals surface area contributed by atoms with Crippen molar-refractivity contribution in [3.63, 3.8) is 0 Å². The first-order valence-corrected chi connectivity index (χ1v) is 4.46. The molecule has 11 heavy (non-hydrogen) atoms. The number of unbranched alkanes of at least 4 members (excludes halogenated alkanes) is 1. The fourth-order valence-corrected chi connectivity index (χ4v) is 1.82. The Morgan fingerprint density at radius 3 is 2.82 bits per heavy atom. The molecule has 0 aromatic carbocycles. The second kappa shape index (κ2) is 4.41. The summed E-state index contributed by atoms with van der Waals surface area (Å²) in [4.78, 5) is 0. The Hall–Kier alpha value is -0.480. The lowest BCUT2D eigenvalue weighted by Gasteiger charge is -2.12. The van der Waals surface area contributed by atoms with E-state index in [9.17, 15) is 5.11 Å². The van der Waals surface area contributed by atoms with Crippen molar-refractivity contribution in [2.75, 3.05) is 0 Å². The molecule has 2 atom stereocenters. The van der Waals surface area contributed by atoms with Crippen LogP contribution in [0.1, 0.15) is 38.5 Å². The Balaban J connectivity index is 2.11. The van der Waals surface area contributed by atoms with E-state index in [1.165, 1.54) is 12.8 Å². The van der Waals surface area contributed by atoms with Crippen molar-refractivity contribution in [2.24, 2.45) is 5.92 Å². The summed E-state index contributed by atoms with van der Waals surface area (Å²) in [6.07, 6.45) is 11.6. The molecule has 0 amide bonds. The van der Waals surface area contributed by atoms with E-state index < -0.39 is 0 Å². The van der Waals surface area contributed by atoms with Gasteiger partial charge in [0.05, 0.1) is 6.10 Å². The summed E-state index contributed by atoms with van der Waals surface area (Å²) in [7, 11) is 0. The Labute approximate surface area is 68.8 Å². The molecule has 0 spiro atoms. The summed E-state index contributed by atoms with van der Waals surface area (Å²) in [5.74, 6) is 3.17. The molecule has 1 nitrogen and oxygen atoms in total. The van der Waals surface area contributed by atoms with Crippen LogP contribution in [0.2, 0.25) is 0 Å². The fourth-order valence-electron chi connectivity index (χ4n) is 1.82. The summed E-state index contributed by atoms with van der Waals surface area (Å²) >= 11 is 0. The normalized spacial score (nSPS) is 30.2. The number of hydrogen-bond donors (Lipinski definition) is 1. The smallest absolute Gasteiger partial charge is 0.0568 e. The maximum atomic E-state index is 9.44. The molecule has 1 aliphatic carbocycles. The molecule has 0 heterocycles. The molecule has 62 valence electrons. The van der Waals surface area contributed by atoms with Crippen LogP contribution in [0, 0.1) is 18.3 Å². The number of rotatable bonds is 3. The average molecular weight is 152 g/mol. The first-order chi connectivity index (χ1) is 5.34. The predicted octanol–water partition coefficient (Wildman–Crippen LogP) is 1.95. The van der Waals surface area contributed by atoms with Crippen molar-refractivity contribution in [3.8, 4) is 12.3 Å². The van der Waals surface area contributed by atoms with Gasteiger partial charge in [-0.25, -0.2) is 0 Å². The van der Waals surface area contributed by atoms with E-state index >= 15 is 0 Å². The predicted molar refractivity (Wildman–Crippen MR) is 46.0 cm³/mol. The standard InChI is InChI=1S/C10H16O/c1-2-3-4-6-9-7-5-8-10(9)11/h1,9-11H,3-8H2. The second-order valence-electron chi connectivity index (χ2n) is 3.35. The lowest BCUT2D eigenvalue weighted by atomic mass is 9.99. The van der Waals surface area contributed by atoms with Gasteiger partial charge in [0.15, 0.2) is 0 Å². The molecule has 0 aromatic heterocycles. The van der Waals surface area contributed by atoms with Gasteiger partial charge in [-0.1, -0.05) is 6.42 Å². The van der Waals surface area contributed by atoms with Crippen molar-refractivity contribution in [1.82, 2.24) is 0 Å². The highest BCUT2D eigenvalue weighted by Gasteiger charge is 2.23. The zero-order chi connectivity index (χ0) is 8.10. The van der Waals surface area contributed by atoms with Gasteiger partial charge in [-0.2, -0.15) is 0 Å². The third kappa shape index (κ3) is 2.55. The molecule has 0 aromatic rings. The van der Waals surface area contributed by atoms with Crippen LogP contribution in [0.5, 0.6) is 0 Å². The van der Waals surface area contributed by atoms with Crippen LogP contribution in [-0.4, -0.2) is 11.2 Å². The number of aliphatic hydroxyl groups excluding tert-OH is 1. The van der Waals surface area contributed by atoms with E-state index in [0.717, 1.165) is 25.7 Å². The zero-order valence-electron chi connectivity index (χ0n) is 6.92. The van der Waals surface area contributed by atoms with E-state index in [1.807, 2.05) is 0 Å². The molecule has 0 aliphatic heterocycles. The highest BCUT2D eigenvalue weighted by Crippen LogP contribution is 2.29. The molecular formula is C10H16O. The van der Waals surface area contributed by atoms with Crippen molar-refractivity contribution in [3.05, 3.63) is 0 Å². The van der Waals surface area contributed by atoms with Gasteiger partial charge in [0, 0.05) is 6.42 Å². The van der Waals surface area contributed by atoms with Gasteiger partial charge < -0.3 is 5.11 Å². The molecule has 1 rings (SSSR count). The Kier molecular flexibility index (Phi) is 3.45. The lowest BCUT2D eigenvalue weighted by Crippen LogP contribution is -2.12. The van der Waals surface area contributed by atoms with Gasteiger partial charge in [0.25, 0.3) is 0 Å². The zero-order valence-corrected chi connectivity index (χ0v) is 6.92. The largest absolute Gasteiger partial charge is 0.393 e. The Bertz CT molecular complexity index is 145. The molecule has 1 fully saturated rings. The minimum absolute atomic E-state index is 0.0345. The number of hydrogen-bond acceptors (Lipinski definition) is 1. The second-order valence-corrected chi connectivity index (χ2v) is 3.35. The maximum absolute atomic E-state index is 9.44. The summed E-state index contributed by atoms with van der Waals surface area (Å²) in [5, 5.41) is 9.44. The SMILES string of the molecule is C#CCCCC1CCCC1O.